The molecule has 184 valence electrons. The molecule has 0 unspecified atom stereocenters. The molecule has 0 amide bonds. The summed E-state index contributed by atoms with van der Waals surface area (Å²) in [5, 5.41) is 4.80. The number of nitrogens with zero attached hydrogens (tertiary/aromatic N) is 1. The van der Waals surface area contributed by atoms with Crippen molar-refractivity contribution < 1.29 is 4.42 Å². The predicted molar refractivity (Wildman–Crippen MR) is 167 cm³/mol. The Morgan fingerprint density at radius 2 is 1.21 bits per heavy atom. The van der Waals surface area contributed by atoms with Gasteiger partial charge in [-0.25, -0.2) is 0 Å². The Kier molecular flexibility index (Phi) is 5.04. The van der Waals surface area contributed by atoms with E-state index in [4.69, 9.17) is 4.42 Å². The lowest BCUT2D eigenvalue weighted by atomic mass is 9.99. The van der Waals surface area contributed by atoms with Gasteiger partial charge in [-0.3, -0.25) is 0 Å². The van der Waals surface area contributed by atoms with Crippen molar-refractivity contribution in [3.8, 4) is 11.1 Å². The number of hydrogen-bond donors (Lipinski definition) is 0. The third kappa shape index (κ3) is 3.48. The molecule has 0 radical (unpaired) electrons. The summed E-state index contributed by atoms with van der Waals surface area (Å²) in [5.74, 6) is 0. The maximum Gasteiger partial charge on any atom is 0.160 e. The van der Waals surface area contributed by atoms with Crippen molar-refractivity contribution in [1.82, 2.24) is 0 Å². The van der Waals surface area contributed by atoms with E-state index >= 15 is 0 Å². The van der Waals surface area contributed by atoms with Gasteiger partial charge in [0.25, 0.3) is 0 Å². The Labute approximate surface area is 230 Å². The van der Waals surface area contributed by atoms with Gasteiger partial charge in [-0.2, -0.15) is 0 Å². The molecule has 8 aromatic rings. The van der Waals surface area contributed by atoms with Gasteiger partial charge in [-0.15, -0.1) is 11.3 Å². The van der Waals surface area contributed by atoms with Crippen molar-refractivity contribution >= 4 is 70.5 Å². The first-order valence-electron chi connectivity index (χ1n) is 13.1. The molecule has 2 nitrogen and oxygen atoms in total. The van der Waals surface area contributed by atoms with E-state index in [1.54, 1.807) is 0 Å². The van der Waals surface area contributed by atoms with Crippen LogP contribution in [0.3, 0.4) is 0 Å². The van der Waals surface area contributed by atoms with Crippen LogP contribution in [-0.4, -0.2) is 0 Å². The Morgan fingerprint density at radius 1 is 0.513 bits per heavy atom. The second-order valence-corrected chi connectivity index (χ2v) is 10.8. The smallest absolute Gasteiger partial charge is 0.160 e. The Bertz CT molecular complexity index is 2120. The van der Waals surface area contributed by atoms with Crippen LogP contribution in [0.1, 0.15) is 0 Å². The molecule has 0 fully saturated rings. The molecular formula is C36H23NOS. The summed E-state index contributed by atoms with van der Waals surface area (Å²) in [6.07, 6.45) is 0. The van der Waals surface area contributed by atoms with Crippen LogP contribution < -0.4 is 4.90 Å². The molecule has 0 N–H and O–H groups in total. The van der Waals surface area contributed by atoms with Gasteiger partial charge >= 0.3 is 0 Å². The highest BCUT2D eigenvalue weighted by atomic mass is 32.1. The van der Waals surface area contributed by atoms with Crippen LogP contribution in [0.15, 0.2) is 144 Å². The average Bonchev–Trinajstić information content (AvgIpc) is 3.58. The van der Waals surface area contributed by atoms with E-state index in [0.29, 0.717) is 0 Å². The van der Waals surface area contributed by atoms with Crippen molar-refractivity contribution in [1.29, 1.82) is 0 Å². The zero-order valence-electron chi connectivity index (χ0n) is 21.0. The molecule has 0 aliphatic carbocycles. The molecule has 6 aromatic carbocycles. The number of anilines is 3. The highest BCUT2D eigenvalue weighted by molar-refractivity contribution is 7.26. The molecular weight excluding hydrogens is 494 g/mol. The molecule has 2 aromatic heterocycles. The van der Waals surface area contributed by atoms with Gasteiger partial charge in [0.05, 0.1) is 16.1 Å². The van der Waals surface area contributed by atoms with Crippen LogP contribution in [0.4, 0.5) is 17.1 Å². The van der Waals surface area contributed by atoms with E-state index in [9.17, 15) is 0 Å². The molecule has 0 bridgehead atoms. The summed E-state index contributed by atoms with van der Waals surface area (Å²) in [5.41, 5.74) is 7.35. The molecule has 39 heavy (non-hydrogen) atoms. The number of hydrogen-bond acceptors (Lipinski definition) is 3. The maximum atomic E-state index is 6.70. The van der Waals surface area contributed by atoms with Crippen LogP contribution in [0.5, 0.6) is 0 Å². The van der Waals surface area contributed by atoms with Crippen LogP contribution in [0.2, 0.25) is 0 Å². The van der Waals surface area contributed by atoms with E-state index in [1.807, 2.05) is 17.4 Å². The number of fused-ring (bicyclic) bond motifs is 6. The Balaban J connectivity index is 1.54. The van der Waals surface area contributed by atoms with Gasteiger partial charge in [0.15, 0.2) is 5.58 Å². The second-order valence-electron chi connectivity index (χ2n) is 9.73. The second kappa shape index (κ2) is 8.87. The van der Waals surface area contributed by atoms with Gasteiger partial charge in [0.2, 0.25) is 0 Å². The monoisotopic (exact) mass is 517 g/mol. The fourth-order valence-electron chi connectivity index (χ4n) is 5.72. The Hall–Kier alpha value is -4.86. The zero-order chi connectivity index (χ0) is 25.8. The van der Waals surface area contributed by atoms with Gasteiger partial charge in [0, 0.05) is 37.5 Å². The van der Waals surface area contributed by atoms with E-state index in [0.717, 1.165) is 50.1 Å². The number of para-hydroxylation sites is 2. The summed E-state index contributed by atoms with van der Waals surface area (Å²) >= 11 is 1.85. The van der Waals surface area contributed by atoms with Crippen LogP contribution >= 0.6 is 11.3 Å². The standard InChI is InChI=1S/C36H23NOS/c1-3-12-24(13-4-1)26-22-23-29-27-16-7-9-20-32(27)38-35(29)34(26)37(25-14-5-2-6-15-25)31-19-11-18-30-28-17-8-10-21-33(28)39-36(30)31/h1-23H. The number of rotatable bonds is 4. The first-order valence-corrected chi connectivity index (χ1v) is 13.9. The minimum absolute atomic E-state index is 0.888. The normalized spacial score (nSPS) is 11.6. The quantitative estimate of drug-likeness (QED) is 0.231. The van der Waals surface area contributed by atoms with Crippen LogP contribution in [0.25, 0.3) is 53.2 Å². The fraction of sp³-hybridized carbons (Fsp3) is 0. The Morgan fingerprint density at radius 3 is 2.05 bits per heavy atom. The number of benzene rings is 6. The predicted octanol–water partition coefficient (Wildman–Crippen LogP) is 11.1. The lowest BCUT2D eigenvalue weighted by Crippen LogP contribution is -2.11. The summed E-state index contributed by atoms with van der Waals surface area (Å²) in [6, 6.07) is 49.4. The summed E-state index contributed by atoms with van der Waals surface area (Å²) in [6.45, 7) is 0. The minimum Gasteiger partial charge on any atom is -0.454 e. The fourth-order valence-corrected chi connectivity index (χ4v) is 6.93. The van der Waals surface area contributed by atoms with Crippen molar-refractivity contribution in [2.75, 3.05) is 4.90 Å². The maximum absolute atomic E-state index is 6.70. The molecule has 0 atom stereocenters. The van der Waals surface area contributed by atoms with Crippen molar-refractivity contribution in [3.05, 3.63) is 140 Å². The minimum atomic E-state index is 0.888. The highest BCUT2D eigenvalue weighted by Gasteiger charge is 2.25. The third-order valence-electron chi connectivity index (χ3n) is 7.47. The van der Waals surface area contributed by atoms with Crippen molar-refractivity contribution in [2.45, 2.75) is 0 Å². The van der Waals surface area contributed by atoms with Gasteiger partial charge in [-0.1, -0.05) is 103 Å². The zero-order valence-corrected chi connectivity index (χ0v) is 21.9. The SMILES string of the molecule is c1ccc(-c2ccc3c(oc4ccccc43)c2N(c2ccccc2)c2cccc3c2sc2ccccc23)cc1. The number of furan rings is 1. The first-order chi connectivity index (χ1) is 19.4. The first kappa shape index (κ1) is 22.2. The molecule has 8 rings (SSSR count). The average molecular weight is 518 g/mol. The highest BCUT2D eigenvalue weighted by Crippen LogP contribution is 2.50. The summed E-state index contributed by atoms with van der Waals surface area (Å²) < 4.78 is 9.25. The summed E-state index contributed by atoms with van der Waals surface area (Å²) in [7, 11) is 0. The molecule has 0 aliphatic rings. The van der Waals surface area contributed by atoms with Gasteiger partial charge in [-0.05, 0) is 42.0 Å². The van der Waals surface area contributed by atoms with Gasteiger partial charge < -0.3 is 9.32 Å². The van der Waals surface area contributed by atoms with E-state index < -0.39 is 0 Å². The molecule has 0 spiro atoms. The third-order valence-corrected chi connectivity index (χ3v) is 8.68. The van der Waals surface area contributed by atoms with E-state index in [2.05, 4.69) is 138 Å². The summed E-state index contributed by atoms with van der Waals surface area (Å²) in [4.78, 5) is 2.39. The lowest BCUT2D eigenvalue weighted by Gasteiger charge is -2.28. The van der Waals surface area contributed by atoms with Crippen molar-refractivity contribution in [3.63, 3.8) is 0 Å². The molecule has 0 saturated heterocycles. The molecule has 3 heteroatoms. The van der Waals surface area contributed by atoms with E-state index in [1.165, 1.54) is 20.2 Å². The largest absolute Gasteiger partial charge is 0.454 e. The molecule has 0 saturated carbocycles. The van der Waals surface area contributed by atoms with Gasteiger partial charge in [0.1, 0.15) is 5.58 Å². The number of thiophene rings is 1. The van der Waals surface area contributed by atoms with E-state index in [-0.39, 0.29) is 0 Å². The lowest BCUT2D eigenvalue weighted by molar-refractivity contribution is 0.669. The molecule has 0 aliphatic heterocycles. The topological polar surface area (TPSA) is 16.4 Å². The van der Waals surface area contributed by atoms with Crippen LogP contribution in [-0.2, 0) is 0 Å². The van der Waals surface area contributed by atoms with Crippen molar-refractivity contribution in [2.24, 2.45) is 0 Å². The van der Waals surface area contributed by atoms with Crippen LogP contribution in [0, 0.1) is 0 Å². The molecule has 2 heterocycles.